The smallest absolute Gasteiger partial charge is 0.235 e. The predicted octanol–water partition coefficient (Wildman–Crippen LogP) is 1.85. The molecule has 0 aliphatic heterocycles. The minimum absolute atomic E-state index is 0.124. The molecule has 0 aliphatic rings. The first kappa shape index (κ1) is 13.9. The van der Waals surface area contributed by atoms with Crippen LogP contribution in [-0.2, 0) is 21.3 Å². The molecule has 1 aromatic carbocycles. The molecule has 1 amide bonds. The summed E-state index contributed by atoms with van der Waals surface area (Å²) in [4.78, 5) is 11.6. The fourth-order valence-electron chi connectivity index (χ4n) is 1.37. The molecule has 4 heteroatoms. The zero-order valence-corrected chi connectivity index (χ0v) is 11.1. The molecule has 0 aromatic heterocycles. The summed E-state index contributed by atoms with van der Waals surface area (Å²) in [6.07, 6.45) is 0.893. The summed E-state index contributed by atoms with van der Waals surface area (Å²) in [5.74, 6) is 0.308. The number of hydrogen-bond acceptors (Lipinski definition) is 2. The van der Waals surface area contributed by atoms with Crippen LogP contribution in [0.15, 0.2) is 30.3 Å². The SMILES string of the molecule is CCCNC(=O)[C@H](C)[S@@](=O)Cc1ccccc1. The number of nitrogens with one attached hydrogen (secondary N) is 1. The number of carbonyl (C=O) groups is 1. The Kier molecular flexibility index (Phi) is 5.91. The van der Waals surface area contributed by atoms with Gasteiger partial charge in [-0.1, -0.05) is 37.3 Å². The Bertz CT molecular complexity index is 378. The van der Waals surface area contributed by atoms with Crippen molar-refractivity contribution in [3.05, 3.63) is 35.9 Å². The molecule has 0 unspecified atom stereocenters. The van der Waals surface area contributed by atoms with Gasteiger partial charge in [0.2, 0.25) is 5.91 Å². The van der Waals surface area contributed by atoms with Crippen LogP contribution in [0.2, 0.25) is 0 Å². The van der Waals surface area contributed by atoms with Gasteiger partial charge in [0, 0.05) is 23.1 Å². The summed E-state index contributed by atoms with van der Waals surface area (Å²) in [6.45, 7) is 4.35. The fourth-order valence-corrected chi connectivity index (χ4v) is 2.47. The second-order valence-electron chi connectivity index (χ2n) is 3.94. The molecule has 2 atom stereocenters. The van der Waals surface area contributed by atoms with Crippen molar-refractivity contribution >= 4 is 16.7 Å². The number of amides is 1. The first-order chi connectivity index (χ1) is 8.15. The Morgan fingerprint density at radius 2 is 2.00 bits per heavy atom. The summed E-state index contributed by atoms with van der Waals surface area (Å²) in [5.41, 5.74) is 1.00. The third-order valence-corrected chi connectivity index (χ3v) is 4.09. The van der Waals surface area contributed by atoms with Crippen LogP contribution in [0.5, 0.6) is 0 Å². The quantitative estimate of drug-likeness (QED) is 0.841. The van der Waals surface area contributed by atoms with Crippen LogP contribution in [0.3, 0.4) is 0 Å². The largest absolute Gasteiger partial charge is 0.355 e. The molecule has 1 rings (SSSR count). The molecule has 1 N–H and O–H groups in total. The van der Waals surface area contributed by atoms with Gasteiger partial charge in [-0.05, 0) is 18.9 Å². The van der Waals surface area contributed by atoms with Gasteiger partial charge >= 0.3 is 0 Å². The molecular weight excluding hydrogens is 234 g/mol. The number of rotatable bonds is 6. The van der Waals surface area contributed by atoms with Gasteiger partial charge in [0.15, 0.2) is 0 Å². The van der Waals surface area contributed by atoms with E-state index in [1.165, 1.54) is 0 Å². The Balaban J connectivity index is 2.50. The van der Waals surface area contributed by atoms with E-state index < -0.39 is 16.0 Å². The van der Waals surface area contributed by atoms with Crippen LogP contribution in [0.1, 0.15) is 25.8 Å². The maximum absolute atomic E-state index is 12.0. The van der Waals surface area contributed by atoms with Gasteiger partial charge in [-0.25, -0.2) is 0 Å². The Hall–Kier alpha value is -1.16. The highest BCUT2D eigenvalue weighted by Gasteiger charge is 2.19. The molecule has 0 radical (unpaired) electrons. The fraction of sp³-hybridized carbons (Fsp3) is 0.462. The summed E-state index contributed by atoms with van der Waals surface area (Å²) in [5, 5.41) is 2.31. The maximum Gasteiger partial charge on any atom is 0.235 e. The Morgan fingerprint density at radius 3 is 2.59 bits per heavy atom. The van der Waals surface area contributed by atoms with Gasteiger partial charge in [0.05, 0.1) is 0 Å². The van der Waals surface area contributed by atoms with Crippen LogP contribution in [0, 0.1) is 0 Å². The monoisotopic (exact) mass is 253 g/mol. The second-order valence-corrected chi connectivity index (χ2v) is 5.70. The molecular formula is C13H19NO2S. The molecule has 0 saturated carbocycles. The average Bonchev–Trinajstić information content (AvgIpc) is 2.36. The van der Waals surface area contributed by atoms with E-state index in [1.54, 1.807) is 6.92 Å². The normalized spacial score (nSPS) is 14.0. The molecule has 17 heavy (non-hydrogen) atoms. The topological polar surface area (TPSA) is 46.2 Å². The van der Waals surface area contributed by atoms with Gasteiger partial charge < -0.3 is 5.32 Å². The summed E-state index contributed by atoms with van der Waals surface area (Å²) in [6, 6.07) is 9.59. The number of carbonyl (C=O) groups excluding carboxylic acids is 1. The van der Waals surface area contributed by atoms with E-state index >= 15 is 0 Å². The van der Waals surface area contributed by atoms with E-state index in [2.05, 4.69) is 5.32 Å². The van der Waals surface area contributed by atoms with Crippen LogP contribution < -0.4 is 5.32 Å². The average molecular weight is 253 g/mol. The third kappa shape index (κ3) is 4.69. The standard InChI is InChI=1S/C13H19NO2S/c1-3-9-14-13(15)11(2)17(16)10-12-7-5-4-6-8-12/h4-8,11H,3,9-10H2,1-2H3,(H,14,15)/t11-,17-/m0/s1. The van der Waals surface area contributed by atoms with Gasteiger partial charge in [-0.15, -0.1) is 0 Å². The number of benzene rings is 1. The molecule has 0 bridgehead atoms. The van der Waals surface area contributed by atoms with Crippen LogP contribution in [0.4, 0.5) is 0 Å². The zero-order chi connectivity index (χ0) is 12.7. The summed E-state index contributed by atoms with van der Waals surface area (Å²) in [7, 11) is -1.16. The predicted molar refractivity (Wildman–Crippen MR) is 71.1 cm³/mol. The molecule has 3 nitrogen and oxygen atoms in total. The van der Waals surface area contributed by atoms with E-state index in [0.29, 0.717) is 12.3 Å². The van der Waals surface area contributed by atoms with Gasteiger partial charge in [0.1, 0.15) is 5.25 Å². The van der Waals surface area contributed by atoms with Crippen molar-refractivity contribution in [3.63, 3.8) is 0 Å². The van der Waals surface area contributed by atoms with Crippen molar-refractivity contribution in [3.8, 4) is 0 Å². The van der Waals surface area contributed by atoms with Crippen molar-refractivity contribution < 1.29 is 9.00 Å². The molecule has 1 aromatic rings. The van der Waals surface area contributed by atoms with Crippen LogP contribution in [-0.4, -0.2) is 21.9 Å². The van der Waals surface area contributed by atoms with E-state index in [9.17, 15) is 9.00 Å². The Morgan fingerprint density at radius 1 is 1.35 bits per heavy atom. The van der Waals surface area contributed by atoms with E-state index in [1.807, 2.05) is 37.3 Å². The molecule has 94 valence electrons. The van der Waals surface area contributed by atoms with Crippen LogP contribution in [0.25, 0.3) is 0 Å². The van der Waals surface area contributed by atoms with Crippen molar-refractivity contribution in [1.29, 1.82) is 0 Å². The molecule has 0 spiro atoms. The van der Waals surface area contributed by atoms with Gasteiger partial charge in [-0.2, -0.15) is 0 Å². The van der Waals surface area contributed by atoms with Crippen molar-refractivity contribution in [1.82, 2.24) is 5.32 Å². The lowest BCUT2D eigenvalue weighted by Gasteiger charge is -2.11. The van der Waals surface area contributed by atoms with Gasteiger partial charge in [-0.3, -0.25) is 9.00 Å². The summed E-state index contributed by atoms with van der Waals surface area (Å²) >= 11 is 0. The third-order valence-electron chi connectivity index (χ3n) is 2.46. The van der Waals surface area contributed by atoms with Crippen molar-refractivity contribution in [2.45, 2.75) is 31.3 Å². The zero-order valence-electron chi connectivity index (χ0n) is 10.3. The highest BCUT2D eigenvalue weighted by Crippen LogP contribution is 2.07. The molecule has 0 saturated heterocycles. The molecule has 0 aliphatic carbocycles. The lowest BCUT2D eigenvalue weighted by Crippen LogP contribution is -2.36. The van der Waals surface area contributed by atoms with E-state index in [0.717, 1.165) is 12.0 Å². The first-order valence-electron chi connectivity index (χ1n) is 5.84. The maximum atomic E-state index is 12.0. The van der Waals surface area contributed by atoms with Gasteiger partial charge in [0.25, 0.3) is 0 Å². The van der Waals surface area contributed by atoms with E-state index in [4.69, 9.17) is 0 Å². The van der Waals surface area contributed by atoms with E-state index in [-0.39, 0.29) is 5.91 Å². The Labute approximate surface area is 105 Å². The highest BCUT2D eigenvalue weighted by atomic mass is 32.2. The summed E-state index contributed by atoms with van der Waals surface area (Å²) < 4.78 is 12.0. The lowest BCUT2D eigenvalue weighted by atomic mass is 10.2. The lowest BCUT2D eigenvalue weighted by molar-refractivity contribution is -0.120. The molecule has 0 fully saturated rings. The first-order valence-corrected chi connectivity index (χ1v) is 7.22. The highest BCUT2D eigenvalue weighted by molar-refractivity contribution is 7.85. The molecule has 0 heterocycles. The van der Waals surface area contributed by atoms with Crippen molar-refractivity contribution in [2.75, 3.05) is 6.54 Å². The minimum Gasteiger partial charge on any atom is -0.355 e. The van der Waals surface area contributed by atoms with Crippen LogP contribution >= 0.6 is 0 Å². The minimum atomic E-state index is -1.16. The number of hydrogen-bond donors (Lipinski definition) is 1. The van der Waals surface area contributed by atoms with Crippen molar-refractivity contribution in [2.24, 2.45) is 0 Å². The second kappa shape index (κ2) is 7.22.